The number of carboxylic acid groups (broad SMARTS) is 3. The molecule has 0 spiro atoms. The van der Waals surface area contributed by atoms with Gasteiger partial charge in [0, 0.05) is 28.9 Å². The molecule has 1 unspecified atom stereocenters. The largest absolute Gasteiger partial charge is 1.00 e. The summed E-state index contributed by atoms with van der Waals surface area (Å²) in [5.41, 5.74) is -2.80. The minimum absolute atomic E-state index is 0. The Balaban J connectivity index is -0.000000720. The van der Waals surface area contributed by atoms with E-state index in [-0.39, 0.29) is 46.0 Å². The summed E-state index contributed by atoms with van der Waals surface area (Å²) in [4.78, 5) is 30.3. The van der Waals surface area contributed by atoms with Gasteiger partial charge in [-0.1, -0.05) is 0 Å². The molecule has 0 saturated carbocycles. The van der Waals surface area contributed by atoms with Gasteiger partial charge in [-0.05, 0) is 0 Å². The Morgan fingerprint density at radius 2 is 1.53 bits per heavy atom. The van der Waals surface area contributed by atoms with Crippen LogP contribution >= 0.6 is 0 Å². The van der Waals surface area contributed by atoms with Gasteiger partial charge in [-0.25, -0.2) is 4.79 Å². The van der Waals surface area contributed by atoms with Gasteiger partial charge in [-0.15, -0.1) is 0 Å². The minimum atomic E-state index is -2.80. The maximum atomic E-state index is 10.3. The van der Waals surface area contributed by atoms with Gasteiger partial charge in [0.25, 0.3) is 0 Å². The molecule has 84 valence electrons. The van der Waals surface area contributed by atoms with E-state index in [9.17, 15) is 19.5 Å². The summed E-state index contributed by atoms with van der Waals surface area (Å²) < 4.78 is 0. The minimum Gasteiger partial charge on any atom is -0.550 e. The van der Waals surface area contributed by atoms with E-state index in [1.807, 2.05) is 0 Å². The van der Waals surface area contributed by atoms with Crippen molar-refractivity contribution in [2.45, 2.75) is 18.4 Å². The van der Waals surface area contributed by atoms with Crippen LogP contribution in [-0.4, -0.2) is 38.8 Å². The fraction of sp³-hybridized carbons (Fsp3) is 0.500. The molecule has 0 aliphatic carbocycles. The van der Waals surface area contributed by atoms with Gasteiger partial charge in [-0.2, -0.15) is 0 Å². The summed E-state index contributed by atoms with van der Waals surface area (Å²) in [6, 6.07) is 0. The predicted molar refractivity (Wildman–Crippen MR) is 34.5 cm³/mol. The first-order valence-corrected chi connectivity index (χ1v) is 3.15. The third kappa shape index (κ3) is 7.75. The monoisotopic (exact) mass is 272 g/mol. The molecule has 0 saturated heterocycles. The van der Waals surface area contributed by atoms with E-state index in [2.05, 4.69) is 0 Å². The van der Waals surface area contributed by atoms with Crippen molar-refractivity contribution in [1.29, 1.82) is 0 Å². The predicted octanol–water partition coefficient (Wildman–Crippen LogP) is -5.58. The van der Waals surface area contributed by atoms with Crippen LogP contribution in [-0.2, 0) is 30.9 Å². The van der Waals surface area contributed by atoms with E-state index < -0.39 is 36.4 Å². The molecule has 0 radical (unpaired) electrons. The Morgan fingerprint density at radius 3 is 1.73 bits per heavy atom. The Labute approximate surface area is 117 Å². The van der Waals surface area contributed by atoms with Crippen molar-refractivity contribution in [2.24, 2.45) is 0 Å². The Kier molecular flexibility index (Phi) is 10.9. The zero-order valence-electron chi connectivity index (χ0n) is 7.71. The van der Waals surface area contributed by atoms with Crippen LogP contribution in [0.3, 0.4) is 0 Å². The number of hydrogen-bond donors (Lipinski definition) is 3. The van der Waals surface area contributed by atoms with Crippen molar-refractivity contribution in [2.75, 3.05) is 0 Å². The van der Waals surface area contributed by atoms with E-state index in [0.717, 1.165) is 0 Å². The number of carbonyl (C=O) groups excluding carboxylic acids is 1. The van der Waals surface area contributed by atoms with Gasteiger partial charge >= 0.3 is 41.5 Å². The molecular weight excluding hydrogens is 266 g/mol. The molecule has 0 aliphatic heterocycles. The van der Waals surface area contributed by atoms with Crippen LogP contribution < -0.4 is 34.7 Å². The summed E-state index contributed by atoms with van der Waals surface area (Å²) in [5, 5.41) is 35.5. The van der Waals surface area contributed by atoms with Crippen LogP contribution in [0.15, 0.2) is 0 Å². The van der Waals surface area contributed by atoms with Crippen molar-refractivity contribution in [3.8, 4) is 0 Å². The first-order chi connectivity index (χ1) is 5.78. The zero-order valence-corrected chi connectivity index (χ0v) is 10.7. The van der Waals surface area contributed by atoms with Crippen molar-refractivity contribution in [1.82, 2.24) is 0 Å². The van der Waals surface area contributed by atoms with Gasteiger partial charge in [0.1, 0.15) is 0 Å². The summed E-state index contributed by atoms with van der Waals surface area (Å²) in [7, 11) is 0. The molecule has 0 amide bonds. The maximum absolute atomic E-state index is 10.3. The number of rotatable bonds is 5. The molecule has 0 rings (SSSR count). The van der Waals surface area contributed by atoms with Gasteiger partial charge in [0.2, 0.25) is 0 Å². The molecular formula is C6H7NaNiO7. The van der Waals surface area contributed by atoms with Crippen LogP contribution in [0.25, 0.3) is 0 Å². The van der Waals surface area contributed by atoms with Crippen molar-refractivity contribution in [3.63, 3.8) is 0 Å². The molecule has 7 nitrogen and oxygen atoms in total. The number of aliphatic hydroxyl groups is 1. The first-order valence-electron chi connectivity index (χ1n) is 3.15. The van der Waals surface area contributed by atoms with E-state index >= 15 is 0 Å². The standard InChI is InChI=1S/C6H8O7.Na.Ni/c7-3(8)1-6(13,5(11)12)2-4(9)10;;/h13H,1-2H2,(H,7,8)(H,9,10)(H,11,12);;/q;+1;/p-1. The third-order valence-corrected chi connectivity index (χ3v) is 1.28. The van der Waals surface area contributed by atoms with E-state index in [0.29, 0.717) is 0 Å². The summed E-state index contributed by atoms with van der Waals surface area (Å²) in [6.07, 6.45) is -2.44. The van der Waals surface area contributed by atoms with Gasteiger partial charge < -0.3 is 25.2 Å². The number of carbonyl (C=O) groups is 3. The van der Waals surface area contributed by atoms with Crippen molar-refractivity contribution < 1.29 is 80.9 Å². The normalized spacial score (nSPS) is 12.6. The molecule has 0 heterocycles. The summed E-state index contributed by atoms with van der Waals surface area (Å²) in [6.45, 7) is 0. The average Bonchev–Trinajstić information content (AvgIpc) is 1.82. The third-order valence-electron chi connectivity index (χ3n) is 1.28. The molecule has 0 bridgehead atoms. The molecule has 0 aromatic carbocycles. The van der Waals surface area contributed by atoms with E-state index in [4.69, 9.17) is 15.3 Å². The quantitative estimate of drug-likeness (QED) is 0.425. The van der Waals surface area contributed by atoms with E-state index in [1.54, 1.807) is 0 Å². The Hall–Kier alpha value is -0.136. The Morgan fingerprint density at radius 1 is 1.13 bits per heavy atom. The van der Waals surface area contributed by atoms with Crippen LogP contribution in [0.4, 0.5) is 0 Å². The smallest absolute Gasteiger partial charge is 0.550 e. The number of carboxylic acids is 3. The molecule has 3 N–H and O–H groups in total. The molecule has 1 atom stereocenters. The van der Waals surface area contributed by atoms with Gasteiger partial charge in [0.15, 0.2) is 5.60 Å². The van der Waals surface area contributed by atoms with Gasteiger partial charge in [-0.3, -0.25) is 4.79 Å². The van der Waals surface area contributed by atoms with E-state index in [1.165, 1.54) is 0 Å². The number of aliphatic carboxylic acids is 3. The topological polar surface area (TPSA) is 135 Å². The molecule has 0 aromatic heterocycles. The van der Waals surface area contributed by atoms with Crippen molar-refractivity contribution in [3.05, 3.63) is 0 Å². The Bertz CT molecular complexity index is 238. The average molecular weight is 273 g/mol. The SMILES string of the molecule is O=C([O-])CC(O)(CC(=O)O)C(=O)O.[Na+].[Ni]. The second-order valence-corrected chi connectivity index (χ2v) is 2.46. The molecule has 9 heteroatoms. The number of hydrogen-bond acceptors (Lipinski definition) is 5. The summed E-state index contributed by atoms with van der Waals surface area (Å²) >= 11 is 0. The molecule has 0 fully saturated rings. The second kappa shape index (κ2) is 8.07. The fourth-order valence-corrected chi connectivity index (χ4v) is 0.703. The van der Waals surface area contributed by atoms with Crippen LogP contribution in [0.5, 0.6) is 0 Å². The van der Waals surface area contributed by atoms with Crippen LogP contribution in [0, 0.1) is 0 Å². The van der Waals surface area contributed by atoms with Crippen LogP contribution in [0.1, 0.15) is 12.8 Å². The zero-order chi connectivity index (χ0) is 10.6. The molecule has 0 aromatic rings. The maximum Gasteiger partial charge on any atom is 1.00 e. The fourth-order valence-electron chi connectivity index (χ4n) is 0.703. The molecule has 0 aliphatic rings. The van der Waals surface area contributed by atoms with Gasteiger partial charge in [0.05, 0.1) is 6.42 Å². The first kappa shape index (κ1) is 20.3. The molecule has 15 heavy (non-hydrogen) atoms. The second-order valence-electron chi connectivity index (χ2n) is 2.46. The van der Waals surface area contributed by atoms with Crippen molar-refractivity contribution >= 4 is 17.9 Å². The van der Waals surface area contributed by atoms with Crippen LogP contribution in [0.2, 0.25) is 0 Å². The summed E-state index contributed by atoms with van der Waals surface area (Å²) in [5.74, 6) is -5.34.